The van der Waals surface area contributed by atoms with E-state index in [1.54, 1.807) is 0 Å². The zero-order valence-electron chi connectivity index (χ0n) is 11.1. The predicted molar refractivity (Wildman–Crippen MR) is 76.8 cm³/mol. The molecule has 2 rings (SSSR count). The number of hydrogen-bond acceptors (Lipinski definition) is 8. The topological polar surface area (TPSA) is 150 Å². The molecule has 0 fully saturated rings. The number of amides is 1. The Balaban J connectivity index is 1.87. The molecule has 1 aromatic carbocycles. The van der Waals surface area contributed by atoms with Crippen LogP contribution in [0.15, 0.2) is 33.3 Å². The monoisotopic (exact) mass is 305 g/mol. The largest absolute Gasteiger partial charge is 0.508 e. The number of phenolic OH excluding ortho intramolecular Hbond substituents is 2. The first-order valence-electron chi connectivity index (χ1n) is 6.06. The minimum Gasteiger partial charge on any atom is -0.508 e. The number of aliphatic imine (C=N–C) groups is 2. The van der Waals surface area contributed by atoms with E-state index in [0.717, 1.165) is 6.07 Å². The van der Waals surface area contributed by atoms with Crippen LogP contribution in [0.2, 0.25) is 0 Å². The van der Waals surface area contributed by atoms with Gasteiger partial charge in [0.1, 0.15) is 17.7 Å². The average Bonchev–Trinajstić information content (AvgIpc) is 2.90. The van der Waals surface area contributed by atoms with Gasteiger partial charge in [-0.25, -0.2) is 5.43 Å². The van der Waals surface area contributed by atoms with Gasteiger partial charge in [0.2, 0.25) is 5.91 Å². The third-order valence-electron chi connectivity index (χ3n) is 2.61. The van der Waals surface area contributed by atoms with Crippen molar-refractivity contribution >= 4 is 24.3 Å². The second-order valence-electron chi connectivity index (χ2n) is 4.27. The number of nitrogens with one attached hydrogen (secondary N) is 1. The van der Waals surface area contributed by atoms with Crippen LogP contribution in [-0.2, 0) is 4.79 Å². The molecular formula is C12H11N5O5. The first-order valence-corrected chi connectivity index (χ1v) is 6.06. The Bertz CT molecular complexity index is 697. The second kappa shape index (κ2) is 6.43. The lowest BCUT2D eigenvalue weighted by atomic mass is 10.2. The molecule has 0 saturated heterocycles. The maximum atomic E-state index is 11.6. The molecule has 0 aliphatic carbocycles. The van der Waals surface area contributed by atoms with Crippen molar-refractivity contribution in [1.82, 2.24) is 5.43 Å². The summed E-state index contributed by atoms with van der Waals surface area (Å²) in [7, 11) is 0. The smallest absolute Gasteiger partial charge is 0.463 e. The number of hydrazone groups is 1. The van der Waals surface area contributed by atoms with E-state index < -0.39 is 22.8 Å². The van der Waals surface area contributed by atoms with Crippen LogP contribution in [0.25, 0.3) is 0 Å². The van der Waals surface area contributed by atoms with Gasteiger partial charge in [-0.1, -0.05) is 9.98 Å². The number of carbonyl (C=O) groups is 1. The molecule has 0 saturated carbocycles. The fourth-order valence-electron chi connectivity index (χ4n) is 1.61. The molecule has 0 radical (unpaired) electrons. The molecular weight excluding hydrogens is 294 g/mol. The van der Waals surface area contributed by atoms with Gasteiger partial charge in [-0.05, 0) is 17.1 Å². The summed E-state index contributed by atoms with van der Waals surface area (Å²) in [5.41, 5.74) is 2.50. The summed E-state index contributed by atoms with van der Waals surface area (Å²) >= 11 is 0. The fraction of sp³-hybridized carbons (Fsp3) is 0.167. The van der Waals surface area contributed by atoms with Crippen LogP contribution < -0.4 is 5.43 Å². The number of guanidine groups is 1. The SMILES string of the molecule is O=C(CC1C=NC([N+](=O)[O-])=N1)N/N=C/c1ccc(O)cc1O. The van der Waals surface area contributed by atoms with Gasteiger partial charge in [0, 0.05) is 11.6 Å². The van der Waals surface area contributed by atoms with E-state index in [-0.39, 0.29) is 17.9 Å². The lowest BCUT2D eigenvalue weighted by molar-refractivity contribution is -0.351. The molecule has 22 heavy (non-hydrogen) atoms. The lowest BCUT2D eigenvalue weighted by Gasteiger charge is -2.00. The second-order valence-corrected chi connectivity index (χ2v) is 4.27. The molecule has 0 aromatic heterocycles. The molecule has 1 aromatic rings. The number of phenols is 2. The highest BCUT2D eigenvalue weighted by molar-refractivity contribution is 5.93. The highest BCUT2D eigenvalue weighted by Gasteiger charge is 2.26. The highest BCUT2D eigenvalue weighted by atomic mass is 16.6. The van der Waals surface area contributed by atoms with Crippen molar-refractivity contribution in [2.24, 2.45) is 15.1 Å². The molecule has 1 atom stereocenters. The van der Waals surface area contributed by atoms with E-state index in [9.17, 15) is 20.0 Å². The summed E-state index contributed by atoms with van der Waals surface area (Å²) in [6.45, 7) is 0. The summed E-state index contributed by atoms with van der Waals surface area (Å²) in [6, 6.07) is 3.20. The van der Waals surface area contributed by atoms with Crippen LogP contribution in [0, 0.1) is 10.1 Å². The van der Waals surface area contributed by atoms with Crippen molar-refractivity contribution in [2.45, 2.75) is 12.5 Å². The Morgan fingerprint density at radius 2 is 2.27 bits per heavy atom. The molecule has 1 unspecified atom stereocenters. The van der Waals surface area contributed by atoms with Crippen LogP contribution in [0.5, 0.6) is 11.5 Å². The van der Waals surface area contributed by atoms with Crippen molar-refractivity contribution in [3.05, 3.63) is 33.9 Å². The quantitative estimate of drug-likeness (QED) is 0.407. The van der Waals surface area contributed by atoms with Gasteiger partial charge in [-0.15, -0.1) is 0 Å². The zero-order valence-corrected chi connectivity index (χ0v) is 11.1. The van der Waals surface area contributed by atoms with Gasteiger partial charge < -0.3 is 20.3 Å². The van der Waals surface area contributed by atoms with Crippen LogP contribution in [0.4, 0.5) is 0 Å². The fourth-order valence-corrected chi connectivity index (χ4v) is 1.61. The molecule has 3 N–H and O–H groups in total. The van der Waals surface area contributed by atoms with Crippen LogP contribution in [0.3, 0.4) is 0 Å². The normalized spacial score (nSPS) is 16.7. The average molecular weight is 305 g/mol. The highest BCUT2D eigenvalue weighted by Crippen LogP contribution is 2.20. The molecule has 0 bridgehead atoms. The number of benzene rings is 1. The van der Waals surface area contributed by atoms with E-state index in [2.05, 4.69) is 20.5 Å². The number of nitrogens with zero attached hydrogens (tertiary/aromatic N) is 4. The molecule has 1 aliphatic rings. The van der Waals surface area contributed by atoms with Gasteiger partial charge in [0.05, 0.1) is 12.6 Å². The van der Waals surface area contributed by atoms with Gasteiger partial charge in [0.15, 0.2) is 6.04 Å². The summed E-state index contributed by atoms with van der Waals surface area (Å²) in [6.07, 6.45) is 2.27. The molecule has 1 heterocycles. The third-order valence-corrected chi connectivity index (χ3v) is 2.61. The van der Waals surface area contributed by atoms with Crippen molar-refractivity contribution < 1.29 is 19.9 Å². The molecule has 114 valence electrons. The standard InChI is InChI=1S/C12H11N5O5/c18-9-2-1-7(10(19)4-9)5-14-16-11(20)3-8-6-13-12(15-8)17(21)22/h1-2,4-6,8,18-19H,3H2,(H,16,20)/b14-5+. The first kappa shape index (κ1) is 15.1. The van der Waals surface area contributed by atoms with Crippen molar-refractivity contribution in [3.63, 3.8) is 0 Å². The predicted octanol–water partition coefficient (Wildman–Crippen LogP) is 0.0237. The van der Waals surface area contributed by atoms with Gasteiger partial charge in [-0.3, -0.25) is 4.79 Å². The maximum absolute atomic E-state index is 11.6. The summed E-state index contributed by atoms with van der Waals surface area (Å²) < 4.78 is 0. The van der Waals surface area contributed by atoms with Gasteiger partial charge >= 0.3 is 5.96 Å². The maximum Gasteiger partial charge on any atom is 0.463 e. The third kappa shape index (κ3) is 3.85. The van der Waals surface area contributed by atoms with E-state index in [4.69, 9.17) is 5.11 Å². The zero-order chi connectivity index (χ0) is 16.1. The van der Waals surface area contributed by atoms with E-state index >= 15 is 0 Å². The van der Waals surface area contributed by atoms with Gasteiger partial charge in [0.25, 0.3) is 0 Å². The van der Waals surface area contributed by atoms with Crippen molar-refractivity contribution in [2.75, 3.05) is 0 Å². The minimum absolute atomic E-state index is 0.0985. The van der Waals surface area contributed by atoms with E-state index in [1.807, 2.05) is 0 Å². The van der Waals surface area contributed by atoms with Crippen LogP contribution in [-0.4, -0.2) is 45.5 Å². The number of hydrogen-bond donors (Lipinski definition) is 3. The van der Waals surface area contributed by atoms with Gasteiger partial charge in [-0.2, -0.15) is 5.10 Å². The first-order chi connectivity index (χ1) is 10.5. The van der Waals surface area contributed by atoms with E-state index in [0.29, 0.717) is 5.56 Å². The Morgan fingerprint density at radius 3 is 2.91 bits per heavy atom. The Labute approximate surface area is 123 Å². The van der Waals surface area contributed by atoms with E-state index in [1.165, 1.54) is 24.6 Å². The van der Waals surface area contributed by atoms with Crippen LogP contribution >= 0.6 is 0 Å². The number of nitro groups is 1. The molecule has 0 spiro atoms. The Kier molecular flexibility index (Phi) is 4.41. The number of rotatable bonds is 4. The van der Waals surface area contributed by atoms with Crippen LogP contribution in [0.1, 0.15) is 12.0 Å². The minimum atomic E-state index is -0.736. The number of carbonyl (C=O) groups excluding carboxylic acids is 1. The Morgan fingerprint density at radius 1 is 1.50 bits per heavy atom. The summed E-state index contributed by atoms with van der Waals surface area (Å²) in [5, 5.41) is 32.7. The molecule has 10 heteroatoms. The summed E-state index contributed by atoms with van der Waals surface area (Å²) in [5.74, 6) is -1.34. The number of aromatic hydroxyl groups is 2. The van der Waals surface area contributed by atoms with Crippen molar-refractivity contribution in [3.8, 4) is 11.5 Å². The molecule has 10 nitrogen and oxygen atoms in total. The Hall–Kier alpha value is -3.30. The van der Waals surface area contributed by atoms with Crippen molar-refractivity contribution in [1.29, 1.82) is 0 Å². The molecule has 1 amide bonds. The lowest BCUT2D eigenvalue weighted by Crippen LogP contribution is -2.22. The summed E-state index contributed by atoms with van der Waals surface area (Å²) in [4.78, 5) is 28.4. The molecule has 1 aliphatic heterocycles.